The quantitative estimate of drug-likeness (QED) is 0.553. The number of carbonyl (C=O) groups excluding carboxylic acids is 2. The number of benzene rings is 1. The maximum absolute atomic E-state index is 13.4. The molecule has 0 saturated heterocycles. The maximum atomic E-state index is 13.4. The Kier molecular flexibility index (Phi) is 8.64. The molecule has 0 atom stereocenters. The molecule has 4 rings (SSSR count). The van der Waals surface area contributed by atoms with Gasteiger partial charge in [0, 0.05) is 24.7 Å². The summed E-state index contributed by atoms with van der Waals surface area (Å²) in [6.45, 7) is 2.22. The zero-order valence-corrected chi connectivity index (χ0v) is 21.3. The van der Waals surface area contributed by atoms with Crippen LogP contribution < -0.4 is 5.32 Å². The molecular formula is C26H37N5O2S. The lowest BCUT2D eigenvalue weighted by molar-refractivity contribution is -0.135. The minimum atomic E-state index is -0.124. The van der Waals surface area contributed by atoms with Gasteiger partial charge in [0.25, 0.3) is 5.91 Å². The summed E-state index contributed by atoms with van der Waals surface area (Å²) >= 11 is 1.45. The topological polar surface area (TPSA) is 80.1 Å². The molecule has 0 unspecified atom stereocenters. The molecule has 0 spiro atoms. The van der Waals surface area contributed by atoms with Gasteiger partial charge in [0.2, 0.25) is 5.91 Å². The van der Waals surface area contributed by atoms with Crippen molar-refractivity contribution in [1.29, 1.82) is 0 Å². The van der Waals surface area contributed by atoms with Crippen molar-refractivity contribution in [3.8, 4) is 0 Å². The van der Waals surface area contributed by atoms with Crippen molar-refractivity contribution in [3.63, 3.8) is 0 Å². The van der Waals surface area contributed by atoms with Crippen molar-refractivity contribution in [2.24, 2.45) is 7.05 Å². The molecule has 34 heavy (non-hydrogen) atoms. The number of aromatic nitrogens is 3. The van der Waals surface area contributed by atoms with Crippen molar-refractivity contribution >= 4 is 23.6 Å². The molecule has 1 N–H and O–H groups in total. The van der Waals surface area contributed by atoms with Gasteiger partial charge < -0.3 is 14.8 Å². The van der Waals surface area contributed by atoms with Gasteiger partial charge in [-0.2, -0.15) is 0 Å². The van der Waals surface area contributed by atoms with Gasteiger partial charge in [0.05, 0.1) is 12.3 Å². The number of hydrogen-bond acceptors (Lipinski definition) is 5. The molecule has 1 aromatic carbocycles. The van der Waals surface area contributed by atoms with Gasteiger partial charge in [-0.25, -0.2) is 0 Å². The third kappa shape index (κ3) is 6.01. The third-order valence-electron chi connectivity index (χ3n) is 7.27. The number of rotatable bonds is 8. The number of amides is 2. The van der Waals surface area contributed by atoms with Gasteiger partial charge in [0.1, 0.15) is 0 Å². The maximum Gasteiger partial charge on any atom is 0.251 e. The Labute approximate surface area is 207 Å². The molecule has 2 aliphatic rings. The Balaban J connectivity index is 1.35. The van der Waals surface area contributed by atoms with Crippen LogP contribution in [0.25, 0.3) is 0 Å². The first-order valence-electron chi connectivity index (χ1n) is 12.7. The monoisotopic (exact) mass is 483 g/mol. The van der Waals surface area contributed by atoms with Gasteiger partial charge in [-0.1, -0.05) is 68.5 Å². The molecule has 0 radical (unpaired) electrons. The van der Waals surface area contributed by atoms with Crippen LogP contribution >= 0.6 is 11.8 Å². The van der Waals surface area contributed by atoms with Crippen molar-refractivity contribution in [1.82, 2.24) is 25.0 Å². The van der Waals surface area contributed by atoms with Crippen LogP contribution in [0.1, 0.15) is 86.0 Å². The van der Waals surface area contributed by atoms with Crippen LogP contribution in [-0.2, 0) is 18.4 Å². The van der Waals surface area contributed by atoms with Gasteiger partial charge in [-0.15, -0.1) is 10.2 Å². The molecule has 0 bridgehead atoms. The number of aryl methyl sites for hydroxylation is 1. The molecule has 2 aromatic rings. The van der Waals surface area contributed by atoms with Gasteiger partial charge in [-0.3, -0.25) is 9.59 Å². The van der Waals surface area contributed by atoms with Crippen molar-refractivity contribution in [2.75, 3.05) is 5.75 Å². The Bertz CT molecular complexity index is 961. The van der Waals surface area contributed by atoms with E-state index in [1.807, 2.05) is 42.8 Å². The summed E-state index contributed by atoms with van der Waals surface area (Å²) in [4.78, 5) is 28.2. The Morgan fingerprint density at radius 2 is 1.62 bits per heavy atom. The number of thioether (sulfide) groups is 1. The molecule has 1 aromatic heterocycles. The predicted molar refractivity (Wildman–Crippen MR) is 135 cm³/mol. The van der Waals surface area contributed by atoms with E-state index in [0.717, 1.165) is 31.2 Å². The van der Waals surface area contributed by atoms with Gasteiger partial charge >= 0.3 is 0 Å². The van der Waals surface area contributed by atoms with E-state index in [1.165, 1.54) is 50.3 Å². The molecule has 2 aliphatic carbocycles. The number of carbonyl (C=O) groups is 2. The highest BCUT2D eigenvalue weighted by Crippen LogP contribution is 2.31. The summed E-state index contributed by atoms with van der Waals surface area (Å²) in [5.74, 6) is 1.17. The average Bonchev–Trinajstić information content (AvgIpc) is 3.22. The lowest BCUT2D eigenvalue weighted by Gasteiger charge is -2.41. The molecule has 2 fully saturated rings. The van der Waals surface area contributed by atoms with E-state index >= 15 is 0 Å². The SMILES string of the molecule is Cc1ccccc1C(=O)NCc1nnc(SCC(=O)N(C2CCCCC2)C2CCCCC2)n1C. The van der Waals surface area contributed by atoms with E-state index < -0.39 is 0 Å². The first kappa shape index (κ1) is 24.8. The summed E-state index contributed by atoms with van der Waals surface area (Å²) in [6.07, 6.45) is 12.1. The summed E-state index contributed by atoms with van der Waals surface area (Å²) in [7, 11) is 1.89. The minimum absolute atomic E-state index is 0.124. The zero-order valence-electron chi connectivity index (χ0n) is 20.5. The number of hydrogen-bond donors (Lipinski definition) is 1. The zero-order chi connectivity index (χ0) is 23.9. The van der Waals surface area contributed by atoms with Crippen LogP contribution in [0.5, 0.6) is 0 Å². The summed E-state index contributed by atoms with van der Waals surface area (Å²) in [6, 6.07) is 8.32. The Hall–Kier alpha value is -2.35. The normalized spacial score (nSPS) is 17.5. The molecule has 0 aliphatic heterocycles. The molecule has 8 heteroatoms. The molecule has 7 nitrogen and oxygen atoms in total. The average molecular weight is 484 g/mol. The highest BCUT2D eigenvalue weighted by Gasteiger charge is 2.32. The Morgan fingerprint density at radius 3 is 2.24 bits per heavy atom. The van der Waals surface area contributed by atoms with Crippen LogP contribution in [0.15, 0.2) is 29.4 Å². The highest BCUT2D eigenvalue weighted by atomic mass is 32.2. The van der Waals surface area contributed by atoms with E-state index in [2.05, 4.69) is 20.4 Å². The Morgan fingerprint density at radius 1 is 1.00 bits per heavy atom. The van der Waals surface area contributed by atoms with Crippen molar-refractivity contribution < 1.29 is 9.59 Å². The van der Waals surface area contributed by atoms with Crippen LogP contribution in [0.2, 0.25) is 0 Å². The van der Waals surface area contributed by atoms with E-state index in [1.54, 1.807) is 0 Å². The standard InChI is InChI=1S/C26H37N5O2S/c1-19-11-9-10-16-22(19)25(33)27-17-23-28-29-26(30(23)2)34-18-24(32)31(20-12-5-3-6-13-20)21-14-7-4-8-15-21/h9-11,16,20-21H,3-8,12-15,17-18H2,1-2H3,(H,27,33). The fourth-order valence-corrected chi connectivity index (χ4v) is 6.13. The van der Waals surface area contributed by atoms with E-state index in [4.69, 9.17) is 0 Å². The molecule has 1 heterocycles. The number of nitrogens with one attached hydrogen (secondary N) is 1. The second-order valence-corrected chi connectivity index (χ2v) is 10.6. The second kappa shape index (κ2) is 11.9. The lowest BCUT2D eigenvalue weighted by Crippen LogP contribution is -2.49. The van der Waals surface area contributed by atoms with E-state index in [-0.39, 0.29) is 11.8 Å². The van der Waals surface area contributed by atoms with Crippen molar-refractivity contribution in [3.05, 3.63) is 41.2 Å². The van der Waals surface area contributed by atoms with Crippen LogP contribution in [-0.4, -0.2) is 49.3 Å². The summed E-state index contributed by atoms with van der Waals surface area (Å²) in [5, 5.41) is 12.2. The third-order valence-corrected chi connectivity index (χ3v) is 8.28. The lowest BCUT2D eigenvalue weighted by atomic mass is 9.88. The first-order chi connectivity index (χ1) is 16.5. The smallest absolute Gasteiger partial charge is 0.251 e. The number of nitrogens with zero attached hydrogens (tertiary/aromatic N) is 4. The fourth-order valence-electron chi connectivity index (χ4n) is 5.33. The van der Waals surface area contributed by atoms with Gasteiger partial charge in [-0.05, 0) is 44.2 Å². The van der Waals surface area contributed by atoms with Crippen LogP contribution in [0.3, 0.4) is 0 Å². The van der Waals surface area contributed by atoms with Crippen molar-refractivity contribution in [2.45, 2.75) is 94.9 Å². The highest BCUT2D eigenvalue weighted by molar-refractivity contribution is 7.99. The fraction of sp³-hybridized carbons (Fsp3) is 0.615. The molecular weight excluding hydrogens is 446 g/mol. The van der Waals surface area contributed by atoms with E-state index in [9.17, 15) is 9.59 Å². The molecule has 184 valence electrons. The second-order valence-electron chi connectivity index (χ2n) is 9.63. The predicted octanol–water partition coefficient (Wildman–Crippen LogP) is 4.64. The minimum Gasteiger partial charge on any atom is -0.345 e. The molecule has 2 amide bonds. The van der Waals surface area contributed by atoms with Gasteiger partial charge in [0.15, 0.2) is 11.0 Å². The summed E-state index contributed by atoms with van der Waals surface area (Å²) < 4.78 is 1.88. The largest absolute Gasteiger partial charge is 0.345 e. The van der Waals surface area contributed by atoms with Crippen LogP contribution in [0, 0.1) is 6.92 Å². The first-order valence-corrected chi connectivity index (χ1v) is 13.7. The van der Waals surface area contributed by atoms with Crippen LogP contribution in [0.4, 0.5) is 0 Å². The van der Waals surface area contributed by atoms with E-state index in [0.29, 0.717) is 40.9 Å². The summed E-state index contributed by atoms with van der Waals surface area (Å²) in [5.41, 5.74) is 1.60. The molecule has 2 saturated carbocycles.